The molecule has 0 aromatic rings. The van der Waals surface area contributed by atoms with Gasteiger partial charge >= 0.3 is 11.9 Å². The van der Waals surface area contributed by atoms with Crippen LogP contribution in [-0.2, 0) is 14.3 Å². The number of aliphatic carboxylic acids is 1. The predicted molar refractivity (Wildman–Crippen MR) is 81.9 cm³/mol. The standard InChI is InChI=1S/C17H28O4/c1-3-4-5-6-7-8-11-21-17(20)15-12-13(2)9-10-14(15)16(18)19/h9-10,13-15H,3-8,11-12H2,1-2H3,(H,18,19). The van der Waals surface area contributed by atoms with E-state index in [2.05, 4.69) is 6.92 Å². The van der Waals surface area contributed by atoms with Crippen LogP contribution >= 0.6 is 0 Å². The van der Waals surface area contributed by atoms with E-state index in [1.54, 1.807) is 6.08 Å². The van der Waals surface area contributed by atoms with Crippen molar-refractivity contribution in [3.8, 4) is 0 Å². The second-order valence-electron chi connectivity index (χ2n) is 6.00. The van der Waals surface area contributed by atoms with Crippen LogP contribution in [0.4, 0.5) is 0 Å². The summed E-state index contributed by atoms with van der Waals surface area (Å²) in [5.41, 5.74) is 0. The Bertz CT molecular complexity index is 362. The average Bonchev–Trinajstić information content (AvgIpc) is 2.45. The van der Waals surface area contributed by atoms with Gasteiger partial charge in [-0.05, 0) is 18.8 Å². The van der Waals surface area contributed by atoms with Crippen LogP contribution in [0.15, 0.2) is 12.2 Å². The molecule has 0 heterocycles. The first-order valence-electron chi connectivity index (χ1n) is 8.14. The minimum absolute atomic E-state index is 0.229. The van der Waals surface area contributed by atoms with E-state index in [4.69, 9.17) is 4.74 Å². The predicted octanol–water partition coefficient (Wildman–Crippen LogP) is 3.80. The molecule has 21 heavy (non-hydrogen) atoms. The molecule has 0 aliphatic heterocycles. The largest absolute Gasteiger partial charge is 0.481 e. The molecule has 0 aromatic heterocycles. The second kappa shape index (κ2) is 9.59. The Balaban J connectivity index is 2.30. The van der Waals surface area contributed by atoms with E-state index in [0.717, 1.165) is 12.8 Å². The molecular formula is C17H28O4. The third-order valence-corrected chi connectivity index (χ3v) is 4.04. The summed E-state index contributed by atoms with van der Waals surface area (Å²) >= 11 is 0. The van der Waals surface area contributed by atoms with Crippen molar-refractivity contribution < 1.29 is 19.4 Å². The van der Waals surface area contributed by atoms with E-state index in [1.165, 1.54) is 25.7 Å². The van der Waals surface area contributed by atoms with Gasteiger partial charge in [0, 0.05) is 0 Å². The van der Waals surface area contributed by atoms with Crippen molar-refractivity contribution in [2.45, 2.75) is 58.8 Å². The molecule has 1 rings (SSSR count). The number of hydrogen-bond acceptors (Lipinski definition) is 3. The fourth-order valence-corrected chi connectivity index (χ4v) is 2.73. The number of rotatable bonds is 9. The van der Waals surface area contributed by atoms with Crippen molar-refractivity contribution in [3.05, 3.63) is 12.2 Å². The lowest BCUT2D eigenvalue weighted by Crippen LogP contribution is -2.33. The molecule has 0 saturated heterocycles. The zero-order chi connectivity index (χ0) is 15.7. The molecule has 1 aliphatic rings. The van der Waals surface area contributed by atoms with Gasteiger partial charge in [0.15, 0.2) is 0 Å². The number of ether oxygens (including phenoxy) is 1. The fourth-order valence-electron chi connectivity index (χ4n) is 2.73. The lowest BCUT2D eigenvalue weighted by Gasteiger charge is -2.26. The van der Waals surface area contributed by atoms with Crippen molar-refractivity contribution >= 4 is 11.9 Å². The van der Waals surface area contributed by atoms with Crippen molar-refractivity contribution in [1.82, 2.24) is 0 Å². The maximum atomic E-state index is 12.1. The highest BCUT2D eigenvalue weighted by molar-refractivity contribution is 5.82. The number of carboxylic acids is 1. The zero-order valence-electron chi connectivity index (χ0n) is 13.2. The molecule has 0 saturated carbocycles. The minimum Gasteiger partial charge on any atom is -0.481 e. The van der Waals surface area contributed by atoms with Gasteiger partial charge in [0.25, 0.3) is 0 Å². The number of carbonyl (C=O) groups is 2. The van der Waals surface area contributed by atoms with Gasteiger partial charge in [0.1, 0.15) is 0 Å². The lowest BCUT2D eigenvalue weighted by atomic mass is 9.79. The summed E-state index contributed by atoms with van der Waals surface area (Å²) in [5, 5.41) is 9.18. The molecule has 0 aromatic carbocycles. The SMILES string of the molecule is CCCCCCCCOC(=O)C1CC(C)C=CC1C(=O)O. The first-order valence-corrected chi connectivity index (χ1v) is 8.14. The summed E-state index contributed by atoms with van der Waals surface area (Å²) < 4.78 is 5.28. The van der Waals surface area contributed by atoms with Gasteiger partial charge in [-0.2, -0.15) is 0 Å². The summed E-state index contributed by atoms with van der Waals surface area (Å²) in [7, 11) is 0. The summed E-state index contributed by atoms with van der Waals surface area (Å²) in [5.74, 6) is -2.35. The zero-order valence-corrected chi connectivity index (χ0v) is 13.2. The number of carbonyl (C=O) groups excluding carboxylic acids is 1. The van der Waals surface area contributed by atoms with Crippen molar-refractivity contribution in [1.29, 1.82) is 0 Å². The molecular weight excluding hydrogens is 268 g/mol. The molecule has 0 radical (unpaired) electrons. The van der Waals surface area contributed by atoms with Crippen LogP contribution in [0.3, 0.4) is 0 Å². The Labute approximate surface area is 127 Å². The Morgan fingerprint density at radius 1 is 1.14 bits per heavy atom. The summed E-state index contributed by atoms with van der Waals surface area (Å²) in [6.07, 6.45) is 10.9. The first kappa shape index (κ1) is 17.7. The highest BCUT2D eigenvalue weighted by Crippen LogP contribution is 2.29. The lowest BCUT2D eigenvalue weighted by molar-refractivity contribution is -0.157. The van der Waals surface area contributed by atoms with Crippen LogP contribution in [0.5, 0.6) is 0 Å². The molecule has 0 fully saturated rings. The van der Waals surface area contributed by atoms with E-state index in [1.807, 2.05) is 13.0 Å². The maximum Gasteiger partial charge on any atom is 0.311 e. The van der Waals surface area contributed by atoms with E-state index in [9.17, 15) is 14.7 Å². The van der Waals surface area contributed by atoms with Crippen LogP contribution < -0.4 is 0 Å². The molecule has 4 heteroatoms. The number of esters is 1. The number of allylic oxidation sites excluding steroid dienone is 1. The molecule has 0 bridgehead atoms. The van der Waals surface area contributed by atoms with Gasteiger partial charge in [-0.3, -0.25) is 9.59 Å². The van der Waals surface area contributed by atoms with E-state index >= 15 is 0 Å². The Hall–Kier alpha value is -1.32. The van der Waals surface area contributed by atoms with E-state index in [-0.39, 0.29) is 11.9 Å². The van der Waals surface area contributed by atoms with Crippen LogP contribution in [-0.4, -0.2) is 23.7 Å². The summed E-state index contributed by atoms with van der Waals surface area (Å²) in [6.45, 7) is 4.58. The number of hydrogen-bond donors (Lipinski definition) is 1. The molecule has 0 spiro atoms. The number of unbranched alkanes of at least 4 members (excludes halogenated alkanes) is 5. The number of carboxylic acid groups (broad SMARTS) is 1. The van der Waals surface area contributed by atoms with Gasteiger partial charge in [0.2, 0.25) is 0 Å². The quantitative estimate of drug-likeness (QED) is 0.399. The highest BCUT2D eigenvalue weighted by atomic mass is 16.5. The monoisotopic (exact) mass is 296 g/mol. The molecule has 1 aliphatic carbocycles. The molecule has 120 valence electrons. The highest BCUT2D eigenvalue weighted by Gasteiger charge is 2.36. The van der Waals surface area contributed by atoms with Gasteiger partial charge < -0.3 is 9.84 Å². The van der Waals surface area contributed by atoms with Crippen molar-refractivity contribution in [2.24, 2.45) is 17.8 Å². The van der Waals surface area contributed by atoms with Gasteiger partial charge in [-0.1, -0.05) is 58.1 Å². The van der Waals surface area contributed by atoms with Crippen molar-refractivity contribution in [3.63, 3.8) is 0 Å². The van der Waals surface area contributed by atoms with E-state index in [0.29, 0.717) is 13.0 Å². The fraction of sp³-hybridized carbons (Fsp3) is 0.765. The molecule has 4 nitrogen and oxygen atoms in total. The van der Waals surface area contributed by atoms with E-state index < -0.39 is 17.8 Å². The average molecular weight is 296 g/mol. The smallest absolute Gasteiger partial charge is 0.311 e. The van der Waals surface area contributed by atoms with Gasteiger partial charge in [-0.25, -0.2) is 0 Å². The third-order valence-electron chi connectivity index (χ3n) is 4.04. The molecule has 0 amide bonds. The Morgan fingerprint density at radius 3 is 2.48 bits per heavy atom. The summed E-state index contributed by atoms with van der Waals surface area (Å²) in [4.78, 5) is 23.3. The Morgan fingerprint density at radius 2 is 1.81 bits per heavy atom. The van der Waals surface area contributed by atoms with Gasteiger partial charge in [0.05, 0.1) is 18.4 Å². The van der Waals surface area contributed by atoms with Gasteiger partial charge in [-0.15, -0.1) is 0 Å². The molecule has 3 atom stereocenters. The van der Waals surface area contributed by atoms with Crippen LogP contribution in [0.25, 0.3) is 0 Å². The second-order valence-corrected chi connectivity index (χ2v) is 6.00. The molecule has 3 unspecified atom stereocenters. The minimum atomic E-state index is -0.945. The topological polar surface area (TPSA) is 63.6 Å². The Kier molecular flexibility index (Phi) is 8.09. The third kappa shape index (κ3) is 6.32. The van der Waals surface area contributed by atoms with Crippen LogP contribution in [0.2, 0.25) is 0 Å². The van der Waals surface area contributed by atoms with Crippen molar-refractivity contribution in [2.75, 3.05) is 6.61 Å². The first-order chi connectivity index (χ1) is 10.1. The van der Waals surface area contributed by atoms with Crippen LogP contribution in [0, 0.1) is 17.8 Å². The maximum absolute atomic E-state index is 12.1. The normalized spacial score (nSPS) is 24.8. The molecule has 1 N–H and O–H groups in total. The summed E-state index contributed by atoms with van der Waals surface area (Å²) in [6, 6.07) is 0. The van der Waals surface area contributed by atoms with Crippen LogP contribution in [0.1, 0.15) is 58.8 Å².